The van der Waals surface area contributed by atoms with Crippen LogP contribution in [0.3, 0.4) is 0 Å². The van der Waals surface area contributed by atoms with Gasteiger partial charge in [0, 0.05) is 25.2 Å². The van der Waals surface area contributed by atoms with Gasteiger partial charge in [0.2, 0.25) is 0 Å². The van der Waals surface area contributed by atoms with Gasteiger partial charge in [-0.05, 0) is 70.0 Å². The van der Waals surface area contributed by atoms with Crippen molar-refractivity contribution in [3.05, 3.63) is 64.7 Å². The number of benzene rings is 2. The van der Waals surface area contributed by atoms with E-state index in [0.29, 0.717) is 16.9 Å². The van der Waals surface area contributed by atoms with Gasteiger partial charge in [-0.15, -0.1) is 0 Å². The first-order chi connectivity index (χ1) is 15.1. The number of carbonyl (C=O) groups excluding carboxylic acids is 2. The Morgan fingerprint density at radius 2 is 1.50 bits per heavy atom. The maximum absolute atomic E-state index is 12.8. The molecule has 0 N–H and O–H groups in total. The van der Waals surface area contributed by atoms with E-state index in [2.05, 4.69) is 6.92 Å². The standard InChI is InChI=1S/C27H35NO4/c1-8-9-21-14-17-25(31-18(2)3)23(26(21)32-19(4)5)15-16-24(29)20-10-12-22(13-11-20)27(30)28(6)7/h10-19H,8-9H2,1-7H3/b16-15+. The van der Waals surface area contributed by atoms with Gasteiger partial charge in [-0.2, -0.15) is 0 Å². The number of rotatable bonds is 10. The van der Waals surface area contributed by atoms with Crippen molar-refractivity contribution in [2.24, 2.45) is 0 Å². The monoisotopic (exact) mass is 437 g/mol. The van der Waals surface area contributed by atoms with Gasteiger partial charge in [0.15, 0.2) is 5.78 Å². The minimum Gasteiger partial charge on any atom is -0.490 e. The highest BCUT2D eigenvalue weighted by Crippen LogP contribution is 2.36. The van der Waals surface area contributed by atoms with Gasteiger partial charge < -0.3 is 14.4 Å². The number of hydrogen-bond donors (Lipinski definition) is 0. The van der Waals surface area contributed by atoms with Crippen LogP contribution in [-0.2, 0) is 6.42 Å². The molecule has 172 valence electrons. The molecule has 0 spiro atoms. The zero-order valence-electron chi connectivity index (χ0n) is 20.3. The van der Waals surface area contributed by atoms with E-state index in [0.717, 1.165) is 29.7 Å². The Balaban J connectivity index is 2.42. The van der Waals surface area contributed by atoms with Crippen LogP contribution in [0.4, 0.5) is 0 Å². The second-order valence-corrected chi connectivity index (χ2v) is 8.52. The van der Waals surface area contributed by atoms with Gasteiger partial charge >= 0.3 is 0 Å². The Labute approximate surface area is 192 Å². The predicted molar refractivity (Wildman–Crippen MR) is 130 cm³/mol. The molecule has 5 heteroatoms. The number of ether oxygens (including phenoxy) is 2. The molecule has 0 bridgehead atoms. The van der Waals surface area contributed by atoms with Crippen molar-refractivity contribution in [1.82, 2.24) is 4.90 Å². The van der Waals surface area contributed by atoms with Crippen LogP contribution in [-0.4, -0.2) is 42.9 Å². The first-order valence-corrected chi connectivity index (χ1v) is 11.2. The van der Waals surface area contributed by atoms with Gasteiger partial charge in [-0.1, -0.05) is 31.5 Å². The van der Waals surface area contributed by atoms with Gasteiger partial charge in [-0.25, -0.2) is 0 Å². The molecular formula is C27H35NO4. The van der Waals surface area contributed by atoms with Crippen LogP contribution < -0.4 is 9.47 Å². The number of nitrogens with zero attached hydrogens (tertiary/aromatic N) is 1. The molecule has 0 heterocycles. The predicted octanol–water partition coefficient (Wildman–Crippen LogP) is 5.81. The Hall–Kier alpha value is -3.08. The molecule has 2 rings (SSSR count). The molecule has 0 aromatic heterocycles. The minimum absolute atomic E-state index is 0.00969. The highest BCUT2D eigenvalue weighted by molar-refractivity contribution is 6.07. The van der Waals surface area contributed by atoms with Gasteiger partial charge in [0.25, 0.3) is 5.91 Å². The zero-order valence-corrected chi connectivity index (χ0v) is 20.3. The zero-order chi connectivity index (χ0) is 23.8. The van der Waals surface area contributed by atoms with E-state index < -0.39 is 0 Å². The van der Waals surface area contributed by atoms with Crippen molar-refractivity contribution >= 4 is 17.8 Å². The van der Waals surface area contributed by atoms with E-state index in [1.807, 2.05) is 39.8 Å². The lowest BCUT2D eigenvalue weighted by Crippen LogP contribution is -2.21. The smallest absolute Gasteiger partial charge is 0.253 e. The first kappa shape index (κ1) is 25.2. The Kier molecular flexibility index (Phi) is 9.06. The molecule has 0 unspecified atom stereocenters. The van der Waals surface area contributed by atoms with Crippen molar-refractivity contribution in [3.8, 4) is 11.5 Å². The summed E-state index contributed by atoms with van der Waals surface area (Å²) in [5, 5.41) is 0. The van der Waals surface area contributed by atoms with E-state index in [9.17, 15) is 9.59 Å². The second kappa shape index (κ2) is 11.5. The summed E-state index contributed by atoms with van der Waals surface area (Å²) < 4.78 is 12.2. The molecule has 0 aliphatic heterocycles. The number of aryl methyl sites for hydroxylation is 1. The SMILES string of the molecule is CCCc1ccc(OC(C)C)c(/C=C/C(=O)c2ccc(C(=O)N(C)C)cc2)c1OC(C)C. The largest absolute Gasteiger partial charge is 0.490 e. The average molecular weight is 438 g/mol. The van der Waals surface area contributed by atoms with Crippen LogP contribution in [0.15, 0.2) is 42.5 Å². The summed E-state index contributed by atoms with van der Waals surface area (Å²) in [5.74, 6) is 1.20. The van der Waals surface area contributed by atoms with Crippen molar-refractivity contribution in [2.45, 2.75) is 59.7 Å². The number of ketones is 1. The van der Waals surface area contributed by atoms with Gasteiger partial charge in [-0.3, -0.25) is 9.59 Å². The van der Waals surface area contributed by atoms with Crippen LogP contribution in [0.2, 0.25) is 0 Å². The molecule has 1 amide bonds. The second-order valence-electron chi connectivity index (χ2n) is 8.52. The number of hydrogen-bond acceptors (Lipinski definition) is 4. The molecule has 0 saturated heterocycles. The maximum Gasteiger partial charge on any atom is 0.253 e. The third-order valence-corrected chi connectivity index (χ3v) is 4.70. The first-order valence-electron chi connectivity index (χ1n) is 11.2. The highest BCUT2D eigenvalue weighted by Gasteiger charge is 2.17. The molecule has 0 aliphatic rings. The van der Waals surface area contributed by atoms with E-state index in [1.54, 1.807) is 44.4 Å². The summed E-state index contributed by atoms with van der Waals surface area (Å²) >= 11 is 0. The van der Waals surface area contributed by atoms with Crippen molar-refractivity contribution < 1.29 is 19.1 Å². The lowest BCUT2D eigenvalue weighted by molar-refractivity contribution is 0.0827. The van der Waals surface area contributed by atoms with Crippen LogP contribution in [0.25, 0.3) is 6.08 Å². The summed E-state index contributed by atoms with van der Waals surface area (Å²) in [6, 6.07) is 10.7. The Morgan fingerprint density at radius 3 is 2.03 bits per heavy atom. The van der Waals surface area contributed by atoms with E-state index in [1.165, 1.54) is 11.0 Å². The Morgan fingerprint density at radius 1 is 0.906 bits per heavy atom. The van der Waals surface area contributed by atoms with Gasteiger partial charge in [0.05, 0.1) is 17.8 Å². The van der Waals surface area contributed by atoms with E-state index in [-0.39, 0.29) is 23.9 Å². The summed E-state index contributed by atoms with van der Waals surface area (Å²) in [7, 11) is 3.40. The average Bonchev–Trinajstić information content (AvgIpc) is 2.73. The molecule has 5 nitrogen and oxygen atoms in total. The fourth-order valence-electron chi connectivity index (χ4n) is 3.27. The number of allylic oxidation sites excluding steroid dienone is 1. The number of amides is 1. The normalized spacial score (nSPS) is 11.3. The Bertz CT molecular complexity index is 956. The van der Waals surface area contributed by atoms with Crippen LogP contribution in [0, 0.1) is 0 Å². The topological polar surface area (TPSA) is 55.8 Å². The van der Waals surface area contributed by atoms with E-state index in [4.69, 9.17) is 9.47 Å². The molecule has 0 saturated carbocycles. The molecule has 0 fully saturated rings. The lowest BCUT2D eigenvalue weighted by atomic mass is 10.0. The fraction of sp³-hybridized carbons (Fsp3) is 0.407. The maximum atomic E-state index is 12.8. The summed E-state index contributed by atoms with van der Waals surface area (Å²) in [6.45, 7) is 10.0. The van der Waals surface area contributed by atoms with E-state index >= 15 is 0 Å². The molecule has 2 aromatic carbocycles. The third kappa shape index (κ3) is 6.71. The van der Waals surface area contributed by atoms with Crippen molar-refractivity contribution in [1.29, 1.82) is 0 Å². The summed E-state index contributed by atoms with van der Waals surface area (Å²) in [5.41, 5.74) is 2.92. The quantitative estimate of drug-likeness (QED) is 0.348. The van der Waals surface area contributed by atoms with Crippen LogP contribution >= 0.6 is 0 Å². The number of carbonyl (C=O) groups is 2. The fourth-order valence-corrected chi connectivity index (χ4v) is 3.27. The molecule has 2 aromatic rings. The lowest BCUT2D eigenvalue weighted by Gasteiger charge is -2.21. The highest BCUT2D eigenvalue weighted by atomic mass is 16.5. The summed E-state index contributed by atoms with van der Waals surface area (Å²) in [4.78, 5) is 26.4. The van der Waals surface area contributed by atoms with Gasteiger partial charge in [0.1, 0.15) is 11.5 Å². The minimum atomic E-state index is -0.152. The molecule has 32 heavy (non-hydrogen) atoms. The molecule has 0 radical (unpaired) electrons. The van der Waals surface area contributed by atoms with Crippen LogP contribution in [0.1, 0.15) is 72.9 Å². The molecule has 0 aliphatic carbocycles. The van der Waals surface area contributed by atoms with Crippen molar-refractivity contribution in [3.63, 3.8) is 0 Å². The molecule has 0 atom stereocenters. The van der Waals surface area contributed by atoms with Crippen LogP contribution in [0.5, 0.6) is 11.5 Å². The summed E-state index contributed by atoms with van der Waals surface area (Å²) in [6.07, 6.45) is 5.15. The third-order valence-electron chi connectivity index (χ3n) is 4.70. The van der Waals surface area contributed by atoms with Crippen molar-refractivity contribution in [2.75, 3.05) is 14.1 Å². The molecular weight excluding hydrogens is 402 g/mol.